The third-order valence-corrected chi connectivity index (χ3v) is 8.05. The maximum atomic E-state index is 15.4. The molecule has 190 valence electrons. The van der Waals surface area contributed by atoms with Gasteiger partial charge in [0.15, 0.2) is 11.6 Å². The van der Waals surface area contributed by atoms with Crippen molar-refractivity contribution in [2.75, 3.05) is 19.0 Å². The topological polar surface area (TPSA) is 101 Å². The van der Waals surface area contributed by atoms with E-state index in [0.29, 0.717) is 17.2 Å². The Kier molecular flexibility index (Phi) is 8.17. The van der Waals surface area contributed by atoms with E-state index >= 15 is 8.78 Å². The molecule has 0 atom stereocenters. The molecule has 4 rings (SSSR count). The number of hydrogen-bond donors (Lipinski definition) is 2. The van der Waals surface area contributed by atoms with Gasteiger partial charge in [-0.05, 0) is 83.3 Å². The fourth-order valence-electron chi connectivity index (χ4n) is 3.34. The number of hydrogen-bond acceptors (Lipinski definition) is 6. The summed E-state index contributed by atoms with van der Waals surface area (Å²) in [6.45, 7) is 0.139. The average molecular weight is 628 g/mol. The highest BCUT2D eigenvalue weighted by Crippen LogP contribution is 2.33. The second-order valence-electron chi connectivity index (χ2n) is 8.37. The highest BCUT2D eigenvalue weighted by atomic mass is 127. The van der Waals surface area contributed by atoms with E-state index in [0.717, 1.165) is 26.8 Å². The van der Waals surface area contributed by atoms with Crippen LogP contribution in [0.5, 0.6) is 0 Å². The van der Waals surface area contributed by atoms with Crippen LogP contribution in [-0.4, -0.2) is 37.3 Å². The lowest BCUT2D eigenvalue weighted by Crippen LogP contribution is -2.30. The number of benzene rings is 2. The molecule has 1 aliphatic carbocycles. The van der Waals surface area contributed by atoms with Gasteiger partial charge in [0.1, 0.15) is 4.90 Å². The molecule has 3 aromatic rings. The van der Waals surface area contributed by atoms with E-state index in [2.05, 4.69) is 38.4 Å². The van der Waals surface area contributed by atoms with Crippen molar-refractivity contribution in [2.24, 2.45) is 5.92 Å². The van der Waals surface area contributed by atoms with Crippen molar-refractivity contribution < 1.29 is 26.8 Å². The first-order chi connectivity index (χ1) is 17.2. The van der Waals surface area contributed by atoms with Gasteiger partial charge < -0.3 is 5.32 Å². The average Bonchev–Trinajstić information content (AvgIpc) is 3.68. The SMILES string of the molecule is CN(Cc1cccnc1)S(=O)(=O)c1cc(C(=O)NOCC2CC2)c(Nc2ccc(I)cc2)c(F)c1F. The van der Waals surface area contributed by atoms with Gasteiger partial charge in [-0.15, -0.1) is 0 Å². The Hall–Kier alpha value is -2.68. The number of anilines is 2. The third kappa shape index (κ3) is 6.17. The lowest BCUT2D eigenvalue weighted by molar-refractivity contribution is 0.0270. The number of sulfonamides is 1. The summed E-state index contributed by atoms with van der Waals surface area (Å²) in [5, 5.41) is 2.70. The largest absolute Gasteiger partial charge is 0.352 e. The first-order valence-corrected chi connectivity index (χ1v) is 13.5. The van der Waals surface area contributed by atoms with E-state index in [1.54, 1.807) is 36.4 Å². The minimum Gasteiger partial charge on any atom is -0.352 e. The Bertz CT molecular complexity index is 1350. The van der Waals surface area contributed by atoms with E-state index in [1.165, 1.54) is 19.4 Å². The van der Waals surface area contributed by atoms with Gasteiger partial charge >= 0.3 is 0 Å². The highest BCUT2D eigenvalue weighted by molar-refractivity contribution is 14.1. The van der Waals surface area contributed by atoms with Crippen LogP contribution in [0, 0.1) is 21.1 Å². The van der Waals surface area contributed by atoms with Crippen LogP contribution in [0.3, 0.4) is 0 Å². The quantitative estimate of drug-likeness (QED) is 0.252. The summed E-state index contributed by atoms with van der Waals surface area (Å²) in [4.78, 5) is 21.1. The number of rotatable bonds is 10. The minimum atomic E-state index is -4.52. The zero-order valence-corrected chi connectivity index (χ0v) is 22.1. The molecule has 0 aliphatic heterocycles. The normalized spacial score (nSPS) is 13.6. The second-order valence-corrected chi connectivity index (χ2v) is 11.6. The summed E-state index contributed by atoms with van der Waals surface area (Å²) < 4.78 is 58.8. The van der Waals surface area contributed by atoms with Crippen LogP contribution >= 0.6 is 22.6 Å². The number of halogens is 3. The standard InChI is InChI=1S/C24H23F2IN4O4S/c1-31(13-16-3-2-10-28-12-16)36(33,34)20-11-19(24(32)30-35-14-15-4-5-15)23(22(26)21(20)25)29-18-8-6-17(27)7-9-18/h2-3,6-12,15,29H,4-5,13-14H2,1H3,(H,30,32). The van der Waals surface area contributed by atoms with E-state index in [1.807, 2.05) is 0 Å². The lowest BCUT2D eigenvalue weighted by atomic mass is 10.1. The van der Waals surface area contributed by atoms with Gasteiger partial charge in [-0.1, -0.05) is 6.07 Å². The molecular weight excluding hydrogens is 605 g/mol. The Morgan fingerprint density at radius 1 is 1.19 bits per heavy atom. The van der Waals surface area contributed by atoms with Crippen molar-refractivity contribution in [3.8, 4) is 0 Å². The first kappa shape index (κ1) is 26.4. The summed E-state index contributed by atoms with van der Waals surface area (Å²) in [6.07, 6.45) is 4.95. The summed E-state index contributed by atoms with van der Waals surface area (Å²) in [7, 11) is -3.29. The number of pyridine rings is 1. The van der Waals surface area contributed by atoms with Crippen LogP contribution in [0.1, 0.15) is 28.8 Å². The Morgan fingerprint density at radius 2 is 1.92 bits per heavy atom. The van der Waals surface area contributed by atoms with E-state index in [4.69, 9.17) is 4.84 Å². The van der Waals surface area contributed by atoms with Crippen LogP contribution in [0.2, 0.25) is 0 Å². The highest BCUT2D eigenvalue weighted by Gasteiger charge is 2.32. The van der Waals surface area contributed by atoms with Crippen molar-refractivity contribution in [1.82, 2.24) is 14.8 Å². The molecule has 0 spiro atoms. The maximum Gasteiger partial charge on any atom is 0.277 e. The molecule has 0 unspecified atom stereocenters. The van der Waals surface area contributed by atoms with Crippen LogP contribution in [0.4, 0.5) is 20.2 Å². The van der Waals surface area contributed by atoms with Crippen molar-refractivity contribution in [2.45, 2.75) is 24.3 Å². The van der Waals surface area contributed by atoms with Crippen LogP contribution < -0.4 is 10.8 Å². The van der Waals surface area contributed by atoms with Crippen molar-refractivity contribution in [3.05, 3.63) is 81.2 Å². The van der Waals surface area contributed by atoms with Gasteiger partial charge in [-0.25, -0.2) is 22.7 Å². The predicted octanol–water partition coefficient (Wildman–Crippen LogP) is 4.60. The number of nitrogens with zero attached hydrogens (tertiary/aromatic N) is 2. The molecule has 36 heavy (non-hydrogen) atoms. The molecule has 0 radical (unpaired) electrons. The molecule has 8 nitrogen and oxygen atoms in total. The summed E-state index contributed by atoms with van der Waals surface area (Å²) in [5.41, 5.74) is 2.22. The molecule has 1 heterocycles. The van der Waals surface area contributed by atoms with Gasteiger partial charge in [-0.2, -0.15) is 4.31 Å². The fraction of sp³-hybridized carbons (Fsp3) is 0.250. The number of carbonyl (C=O) groups is 1. The van der Waals surface area contributed by atoms with Crippen LogP contribution in [0.15, 0.2) is 59.8 Å². The second kappa shape index (κ2) is 11.2. The van der Waals surface area contributed by atoms with Crippen LogP contribution in [-0.2, 0) is 21.4 Å². The Morgan fingerprint density at radius 3 is 2.56 bits per heavy atom. The molecule has 12 heteroatoms. The molecule has 1 aliphatic rings. The number of hydroxylamine groups is 1. The number of carbonyl (C=O) groups excluding carboxylic acids is 1. The molecule has 2 N–H and O–H groups in total. The van der Waals surface area contributed by atoms with Gasteiger partial charge in [0.2, 0.25) is 10.0 Å². The molecule has 1 saturated carbocycles. The van der Waals surface area contributed by atoms with Crippen LogP contribution in [0.25, 0.3) is 0 Å². The fourth-order valence-corrected chi connectivity index (χ4v) is 4.93. The molecule has 1 aromatic heterocycles. The molecule has 0 bridgehead atoms. The third-order valence-electron chi connectivity index (χ3n) is 5.53. The van der Waals surface area contributed by atoms with E-state index in [-0.39, 0.29) is 13.2 Å². The maximum absolute atomic E-state index is 15.4. The Labute approximate surface area is 221 Å². The molecule has 1 fully saturated rings. The van der Waals surface area contributed by atoms with Crippen molar-refractivity contribution in [3.63, 3.8) is 0 Å². The minimum absolute atomic E-state index is 0.133. The number of nitrogens with one attached hydrogen (secondary N) is 2. The van der Waals surface area contributed by atoms with E-state index in [9.17, 15) is 13.2 Å². The molecule has 0 saturated heterocycles. The van der Waals surface area contributed by atoms with Gasteiger partial charge in [0.25, 0.3) is 5.91 Å². The zero-order valence-electron chi connectivity index (χ0n) is 19.2. The lowest BCUT2D eigenvalue weighted by Gasteiger charge is -2.20. The Balaban J connectivity index is 1.71. The number of amides is 1. The van der Waals surface area contributed by atoms with Gasteiger partial charge in [-0.3, -0.25) is 14.6 Å². The summed E-state index contributed by atoms with van der Waals surface area (Å²) >= 11 is 2.09. The first-order valence-electron chi connectivity index (χ1n) is 11.0. The monoisotopic (exact) mass is 628 g/mol. The van der Waals surface area contributed by atoms with E-state index < -0.39 is 43.7 Å². The predicted molar refractivity (Wildman–Crippen MR) is 138 cm³/mol. The molecule has 2 aromatic carbocycles. The molecule has 1 amide bonds. The van der Waals surface area contributed by atoms with Gasteiger partial charge in [0.05, 0.1) is 17.9 Å². The van der Waals surface area contributed by atoms with Gasteiger partial charge in [0, 0.05) is 35.2 Å². The summed E-state index contributed by atoms with van der Waals surface area (Å²) in [5.74, 6) is -3.68. The number of aromatic nitrogens is 1. The van der Waals surface area contributed by atoms with Crippen molar-refractivity contribution in [1.29, 1.82) is 0 Å². The summed E-state index contributed by atoms with van der Waals surface area (Å²) in [6, 6.07) is 10.8. The molecular formula is C24H23F2IN4O4S. The smallest absolute Gasteiger partial charge is 0.277 e. The van der Waals surface area contributed by atoms with Crippen molar-refractivity contribution >= 4 is 49.9 Å². The zero-order chi connectivity index (χ0) is 25.9.